The van der Waals surface area contributed by atoms with Crippen LogP contribution in [0.15, 0.2) is 12.3 Å². The summed E-state index contributed by atoms with van der Waals surface area (Å²) in [7, 11) is 2.04. The molecular weight excluding hydrogens is 208 g/mol. The maximum Gasteiger partial charge on any atom is 0.105 e. The maximum absolute atomic E-state index is 4.62. The Morgan fingerprint density at radius 3 is 2.12 bits per heavy atom. The molecule has 0 bridgehead atoms. The molecule has 1 aromatic heterocycles. The Hall–Kier alpha value is -1.57. The second kappa shape index (κ2) is 4.02. The lowest BCUT2D eigenvalue weighted by molar-refractivity contribution is 0.858. The van der Waals surface area contributed by atoms with Crippen LogP contribution in [0.4, 0.5) is 0 Å². The van der Waals surface area contributed by atoms with E-state index >= 15 is 0 Å². The molecule has 0 aliphatic rings. The van der Waals surface area contributed by atoms with Crippen LogP contribution >= 0.6 is 0 Å². The van der Waals surface area contributed by atoms with Crippen LogP contribution in [0.5, 0.6) is 0 Å². The van der Waals surface area contributed by atoms with Crippen molar-refractivity contribution in [1.82, 2.24) is 9.55 Å². The summed E-state index contributed by atoms with van der Waals surface area (Å²) in [5.41, 5.74) is 7.78. The first-order valence-corrected chi connectivity index (χ1v) is 5.99. The van der Waals surface area contributed by atoms with Gasteiger partial charge in [0.05, 0.1) is 5.69 Å². The standard InChI is InChI=1S/C15H20N2/c1-9-7-14(12(4)11(3)10(9)2)15-8-17(6)13(5)16-15/h7-8H,1-6H3. The molecule has 2 nitrogen and oxygen atoms in total. The highest BCUT2D eigenvalue weighted by molar-refractivity contribution is 5.67. The predicted octanol–water partition coefficient (Wildman–Crippen LogP) is 3.63. The lowest BCUT2D eigenvalue weighted by atomic mass is 9.93. The number of hydrogen-bond acceptors (Lipinski definition) is 1. The first-order chi connectivity index (χ1) is 7.91. The number of aromatic nitrogens is 2. The second-order valence-corrected chi connectivity index (χ2v) is 4.90. The Morgan fingerprint density at radius 2 is 1.59 bits per heavy atom. The molecule has 0 aliphatic heterocycles. The summed E-state index contributed by atoms with van der Waals surface area (Å²) in [5, 5.41) is 0. The monoisotopic (exact) mass is 228 g/mol. The zero-order valence-corrected chi connectivity index (χ0v) is 11.5. The molecule has 17 heavy (non-hydrogen) atoms. The first kappa shape index (κ1) is 11.9. The fraction of sp³-hybridized carbons (Fsp3) is 0.400. The van der Waals surface area contributed by atoms with E-state index in [9.17, 15) is 0 Å². The molecule has 90 valence electrons. The van der Waals surface area contributed by atoms with E-state index in [-0.39, 0.29) is 0 Å². The Labute approximate surface area is 103 Å². The van der Waals surface area contributed by atoms with Gasteiger partial charge in [-0.05, 0) is 62.9 Å². The van der Waals surface area contributed by atoms with Gasteiger partial charge in [-0.15, -0.1) is 0 Å². The highest BCUT2D eigenvalue weighted by atomic mass is 15.0. The van der Waals surface area contributed by atoms with Crippen molar-refractivity contribution in [3.63, 3.8) is 0 Å². The Bertz CT molecular complexity index is 558. The molecule has 0 radical (unpaired) electrons. The maximum atomic E-state index is 4.62. The van der Waals surface area contributed by atoms with Crippen molar-refractivity contribution in [2.75, 3.05) is 0 Å². The van der Waals surface area contributed by atoms with Crippen LogP contribution in [-0.4, -0.2) is 9.55 Å². The van der Waals surface area contributed by atoms with E-state index in [0.717, 1.165) is 11.5 Å². The molecule has 2 heteroatoms. The SMILES string of the molecule is Cc1cc(-c2cn(C)c(C)n2)c(C)c(C)c1C. The normalized spacial score (nSPS) is 10.9. The summed E-state index contributed by atoms with van der Waals surface area (Å²) in [5.74, 6) is 1.05. The van der Waals surface area contributed by atoms with Crippen LogP contribution < -0.4 is 0 Å². The third-order valence-corrected chi connectivity index (χ3v) is 3.87. The predicted molar refractivity (Wildman–Crippen MR) is 72.3 cm³/mol. The van der Waals surface area contributed by atoms with Crippen LogP contribution in [0.25, 0.3) is 11.3 Å². The molecule has 2 rings (SSSR count). The zero-order valence-electron chi connectivity index (χ0n) is 11.5. The number of imidazole rings is 1. The molecule has 1 aromatic carbocycles. The molecule has 0 amide bonds. The van der Waals surface area contributed by atoms with Crippen molar-refractivity contribution in [3.05, 3.63) is 40.3 Å². The van der Waals surface area contributed by atoms with Gasteiger partial charge in [0.1, 0.15) is 5.82 Å². The third-order valence-electron chi connectivity index (χ3n) is 3.87. The van der Waals surface area contributed by atoms with E-state index in [2.05, 4.69) is 49.5 Å². The largest absolute Gasteiger partial charge is 0.338 e. The number of nitrogens with zero attached hydrogens (tertiary/aromatic N) is 2. The molecule has 0 saturated carbocycles. The van der Waals surface area contributed by atoms with Gasteiger partial charge in [0.2, 0.25) is 0 Å². The molecule has 1 heterocycles. The summed E-state index contributed by atoms with van der Waals surface area (Å²) in [6, 6.07) is 2.25. The summed E-state index contributed by atoms with van der Waals surface area (Å²) in [4.78, 5) is 4.62. The van der Waals surface area contributed by atoms with Gasteiger partial charge < -0.3 is 4.57 Å². The minimum Gasteiger partial charge on any atom is -0.338 e. The van der Waals surface area contributed by atoms with Crippen LogP contribution in [0.3, 0.4) is 0 Å². The van der Waals surface area contributed by atoms with Gasteiger partial charge in [-0.1, -0.05) is 0 Å². The fourth-order valence-corrected chi connectivity index (χ4v) is 2.17. The van der Waals surface area contributed by atoms with Gasteiger partial charge >= 0.3 is 0 Å². The molecule has 2 aromatic rings. The quantitative estimate of drug-likeness (QED) is 0.728. The number of hydrogen-bond donors (Lipinski definition) is 0. The van der Waals surface area contributed by atoms with E-state index in [4.69, 9.17) is 0 Å². The smallest absolute Gasteiger partial charge is 0.105 e. The lowest BCUT2D eigenvalue weighted by Crippen LogP contribution is -1.94. The summed E-state index contributed by atoms with van der Waals surface area (Å²) >= 11 is 0. The molecule has 0 N–H and O–H groups in total. The average Bonchev–Trinajstić information content (AvgIpc) is 2.61. The highest BCUT2D eigenvalue weighted by Gasteiger charge is 2.11. The molecule has 0 unspecified atom stereocenters. The van der Waals surface area contributed by atoms with Gasteiger partial charge in [-0.3, -0.25) is 0 Å². The molecule has 0 aliphatic carbocycles. The number of rotatable bonds is 1. The minimum absolute atomic E-state index is 1.05. The van der Waals surface area contributed by atoms with E-state index in [1.165, 1.54) is 27.8 Å². The van der Waals surface area contributed by atoms with Crippen molar-refractivity contribution >= 4 is 0 Å². The van der Waals surface area contributed by atoms with Crippen LogP contribution in [0, 0.1) is 34.6 Å². The summed E-state index contributed by atoms with van der Waals surface area (Å²) in [6.07, 6.45) is 2.10. The summed E-state index contributed by atoms with van der Waals surface area (Å²) in [6.45, 7) is 10.8. The molecular formula is C15H20N2. The van der Waals surface area contributed by atoms with Crippen LogP contribution in [0.2, 0.25) is 0 Å². The van der Waals surface area contributed by atoms with Crippen LogP contribution in [0.1, 0.15) is 28.1 Å². The van der Waals surface area contributed by atoms with E-state index in [1.54, 1.807) is 0 Å². The Morgan fingerprint density at radius 1 is 0.941 bits per heavy atom. The van der Waals surface area contributed by atoms with Crippen molar-refractivity contribution in [1.29, 1.82) is 0 Å². The van der Waals surface area contributed by atoms with E-state index in [1.807, 2.05) is 14.0 Å². The topological polar surface area (TPSA) is 17.8 Å². The molecule has 0 atom stereocenters. The minimum atomic E-state index is 1.05. The number of aryl methyl sites for hydroxylation is 3. The van der Waals surface area contributed by atoms with E-state index < -0.39 is 0 Å². The van der Waals surface area contributed by atoms with Gasteiger partial charge in [0.25, 0.3) is 0 Å². The Kier molecular flexibility index (Phi) is 2.82. The highest BCUT2D eigenvalue weighted by Crippen LogP contribution is 2.28. The van der Waals surface area contributed by atoms with E-state index in [0.29, 0.717) is 0 Å². The average molecular weight is 228 g/mol. The number of benzene rings is 1. The first-order valence-electron chi connectivity index (χ1n) is 5.99. The molecule has 0 spiro atoms. The third kappa shape index (κ3) is 1.88. The fourth-order valence-electron chi connectivity index (χ4n) is 2.17. The molecule has 0 fully saturated rings. The Balaban J connectivity index is 2.68. The van der Waals surface area contributed by atoms with Gasteiger partial charge in [-0.25, -0.2) is 4.98 Å². The molecule has 0 saturated heterocycles. The van der Waals surface area contributed by atoms with Crippen LogP contribution in [-0.2, 0) is 7.05 Å². The van der Waals surface area contributed by atoms with Gasteiger partial charge in [0, 0.05) is 18.8 Å². The zero-order chi connectivity index (χ0) is 12.7. The lowest BCUT2D eigenvalue weighted by Gasteiger charge is -2.12. The van der Waals surface area contributed by atoms with Gasteiger partial charge in [0.15, 0.2) is 0 Å². The van der Waals surface area contributed by atoms with Crippen molar-refractivity contribution < 1.29 is 0 Å². The summed E-state index contributed by atoms with van der Waals surface area (Å²) < 4.78 is 2.07. The van der Waals surface area contributed by atoms with Gasteiger partial charge in [-0.2, -0.15) is 0 Å². The van der Waals surface area contributed by atoms with Crippen molar-refractivity contribution in [2.24, 2.45) is 7.05 Å². The van der Waals surface area contributed by atoms with Crippen molar-refractivity contribution in [3.8, 4) is 11.3 Å². The van der Waals surface area contributed by atoms with Crippen molar-refractivity contribution in [2.45, 2.75) is 34.6 Å². The second-order valence-electron chi connectivity index (χ2n) is 4.90.